The second-order valence-corrected chi connectivity index (χ2v) is 8.46. The van der Waals surface area contributed by atoms with Crippen molar-refractivity contribution in [2.24, 2.45) is 7.05 Å². The number of fused-ring (bicyclic) bond motifs is 1. The molecule has 2 aromatic carbocycles. The summed E-state index contributed by atoms with van der Waals surface area (Å²) in [6.07, 6.45) is 0.956. The molecule has 0 bridgehead atoms. The zero-order valence-electron chi connectivity index (χ0n) is 18.5. The standard InChI is InChI=1S/C24H28N4O4/c1-14-12-18(15(2)25-20-7-5-4-6-17(20)23(31)32)21-19(13-14)22(30)27(3)24(26-21)28-10-8-16(29)9-11-28/h4-7,12-13,15-16,25,29H,8-11H2,1-3H3,(H,31,32). The van der Waals surface area contributed by atoms with Crippen LogP contribution in [0.4, 0.5) is 11.6 Å². The summed E-state index contributed by atoms with van der Waals surface area (Å²) in [7, 11) is 1.72. The number of piperidine rings is 1. The molecule has 1 aliphatic heterocycles. The lowest BCUT2D eigenvalue weighted by Crippen LogP contribution is -2.39. The highest BCUT2D eigenvalue weighted by Crippen LogP contribution is 2.29. The van der Waals surface area contributed by atoms with Gasteiger partial charge in [0.25, 0.3) is 5.56 Å². The smallest absolute Gasteiger partial charge is 0.337 e. The molecule has 3 aromatic rings. The molecular weight excluding hydrogens is 408 g/mol. The van der Waals surface area contributed by atoms with Crippen molar-refractivity contribution < 1.29 is 15.0 Å². The van der Waals surface area contributed by atoms with Crippen LogP contribution in [0, 0.1) is 6.92 Å². The summed E-state index contributed by atoms with van der Waals surface area (Å²) in [5, 5.41) is 23.2. The van der Waals surface area contributed by atoms with Gasteiger partial charge in [0.05, 0.1) is 28.6 Å². The number of aliphatic hydroxyl groups excluding tert-OH is 1. The second-order valence-electron chi connectivity index (χ2n) is 8.46. The third-order valence-electron chi connectivity index (χ3n) is 6.07. The number of hydrogen-bond donors (Lipinski definition) is 3. The number of carbonyl (C=O) groups is 1. The van der Waals surface area contributed by atoms with Gasteiger partial charge in [0.15, 0.2) is 0 Å². The van der Waals surface area contributed by atoms with Crippen molar-refractivity contribution in [2.45, 2.75) is 38.8 Å². The third-order valence-corrected chi connectivity index (χ3v) is 6.07. The normalized spacial score (nSPS) is 15.7. The van der Waals surface area contributed by atoms with E-state index < -0.39 is 5.97 Å². The Hall–Kier alpha value is -3.39. The molecule has 32 heavy (non-hydrogen) atoms. The first kappa shape index (κ1) is 21.8. The number of aliphatic hydroxyl groups is 1. The van der Waals surface area contributed by atoms with E-state index in [0.29, 0.717) is 48.5 Å². The van der Waals surface area contributed by atoms with Crippen molar-refractivity contribution in [1.29, 1.82) is 0 Å². The minimum Gasteiger partial charge on any atom is -0.478 e. The van der Waals surface area contributed by atoms with Gasteiger partial charge in [-0.25, -0.2) is 9.78 Å². The maximum absolute atomic E-state index is 13.2. The number of anilines is 2. The molecule has 0 aliphatic carbocycles. The van der Waals surface area contributed by atoms with Gasteiger partial charge in [-0.15, -0.1) is 0 Å². The molecule has 0 spiro atoms. The summed E-state index contributed by atoms with van der Waals surface area (Å²) >= 11 is 0. The number of aryl methyl sites for hydroxylation is 1. The van der Waals surface area contributed by atoms with Crippen molar-refractivity contribution in [3.63, 3.8) is 0 Å². The van der Waals surface area contributed by atoms with Gasteiger partial charge >= 0.3 is 5.97 Å². The van der Waals surface area contributed by atoms with Crippen molar-refractivity contribution in [1.82, 2.24) is 9.55 Å². The van der Waals surface area contributed by atoms with Gasteiger partial charge in [0.1, 0.15) is 0 Å². The average molecular weight is 437 g/mol. The van der Waals surface area contributed by atoms with E-state index in [1.54, 1.807) is 35.9 Å². The number of nitrogens with zero attached hydrogens (tertiary/aromatic N) is 3. The van der Waals surface area contributed by atoms with Gasteiger partial charge < -0.3 is 20.4 Å². The molecule has 0 amide bonds. The number of carboxylic acids is 1. The predicted octanol–water partition coefficient (Wildman–Crippen LogP) is 3.07. The number of carboxylic acid groups (broad SMARTS) is 1. The number of nitrogens with one attached hydrogen (secondary N) is 1. The number of para-hydroxylation sites is 1. The van der Waals surface area contributed by atoms with E-state index in [9.17, 15) is 19.8 Å². The van der Waals surface area contributed by atoms with Crippen LogP contribution in [0.5, 0.6) is 0 Å². The summed E-state index contributed by atoms with van der Waals surface area (Å²) in [5.41, 5.74) is 2.94. The maximum Gasteiger partial charge on any atom is 0.337 e. The average Bonchev–Trinajstić information content (AvgIpc) is 2.77. The van der Waals surface area contributed by atoms with E-state index in [1.165, 1.54) is 0 Å². The zero-order chi connectivity index (χ0) is 23.0. The number of aromatic carboxylic acids is 1. The van der Waals surface area contributed by atoms with E-state index in [2.05, 4.69) is 5.32 Å². The highest BCUT2D eigenvalue weighted by Gasteiger charge is 2.23. The number of aromatic nitrogens is 2. The van der Waals surface area contributed by atoms with Crippen molar-refractivity contribution in [3.05, 3.63) is 63.4 Å². The van der Waals surface area contributed by atoms with Gasteiger partial charge in [-0.05, 0) is 50.5 Å². The Labute approximate surface area is 186 Å². The summed E-state index contributed by atoms with van der Waals surface area (Å²) in [6, 6.07) is 10.3. The monoisotopic (exact) mass is 436 g/mol. The Balaban J connectivity index is 1.81. The Morgan fingerprint density at radius 1 is 1.22 bits per heavy atom. The SMILES string of the molecule is Cc1cc(C(C)Nc2ccccc2C(=O)O)c2nc(N3CCC(O)CC3)n(C)c(=O)c2c1. The van der Waals surface area contributed by atoms with Crippen molar-refractivity contribution >= 4 is 28.5 Å². The minimum atomic E-state index is -1.00. The van der Waals surface area contributed by atoms with Crippen LogP contribution in [0.3, 0.4) is 0 Å². The molecule has 1 unspecified atom stereocenters. The van der Waals surface area contributed by atoms with Crippen molar-refractivity contribution in [2.75, 3.05) is 23.3 Å². The highest BCUT2D eigenvalue weighted by atomic mass is 16.4. The summed E-state index contributed by atoms with van der Waals surface area (Å²) in [5.74, 6) is -0.423. The molecule has 8 nitrogen and oxygen atoms in total. The van der Waals surface area contributed by atoms with Crippen LogP contribution in [-0.4, -0.2) is 44.9 Å². The van der Waals surface area contributed by atoms with Crippen LogP contribution >= 0.6 is 0 Å². The molecule has 0 radical (unpaired) electrons. The minimum absolute atomic E-state index is 0.126. The first-order valence-electron chi connectivity index (χ1n) is 10.8. The highest BCUT2D eigenvalue weighted by molar-refractivity contribution is 5.94. The molecule has 0 saturated carbocycles. The summed E-state index contributed by atoms with van der Waals surface area (Å²) in [6.45, 7) is 5.13. The Morgan fingerprint density at radius 3 is 2.59 bits per heavy atom. The fourth-order valence-corrected chi connectivity index (χ4v) is 4.33. The van der Waals surface area contributed by atoms with Crippen LogP contribution in [0.15, 0.2) is 41.2 Å². The van der Waals surface area contributed by atoms with Crippen LogP contribution in [0.1, 0.15) is 47.3 Å². The fourth-order valence-electron chi connectivity index (χ4n) is 4.33. The molecule has 1 saturated heterocycles. The molecule has 2 heterocycles. The molecule has 168 valence electrons. The van der Waals surface area contributed by atoms with Crippen LogP contribution < -0.4 is 15.8 Å². The maximum atomic E-state index is 13.2. The molecule has 3 N–H and O–H groups in total. The Kier molecular flexibility index (Phi) is 5.88. The number of rotatable bonds is 5. The first-order chi connectivity index (χ1) is 15.3. The Morgan fingerprint density at radius 2 is 1.91 bits per heavy atom. The molecule has 1 aliphatic rings. The topological polar surface area (TPSA) is 108 Å². The second kappa shape index (κ2) is 8.63. The van der Waals surface area contributed by atoms with Gasteiger partial charge in [0.2, 0.25) is 5.95 Å². The number of benzene rings is 2. The van der Waals surface area contributed by atoms with Crippen LogP contribution in [0.2, 0.25) is 0 Å². The van der Waals surface area contributed by atoms with E-state index >= 15 is 0 Å². The van der Waals surface area contributed by atoms with Gasteiger partial charge in [0, 0.05) is 31.4 Å². The largest absolute Gasteiger partial charge is 0.478 e. The third kappa shape index (κ3) is 4.05. The lowest BCUT2D eigenvalue weighted by Gasteiger charge is -2.31. The van der Waals surface area contributed by atoms with Gasteiger partial charge in [-0.2, -0.15) is 0 Å². The van der Waals surface area contributed by atoms with E-state index in [0.717, 1.165) is 11.1 Å². The Bertz CT molecular complexity index is 1230. The fraction of sp³-hybridized carbons (Fsp3) is 0.375. The lowest BCUT2D eigenvalue weighted by atomic mass is 10.0. The molecule has 1 fully saturated rings. The molecule has 8 heteroatoms. The molecule has 1 aromatic heterocycles. The molecule has 4 rings (SSSR count). The van der Waals surface area contributed by atoms with Crippen LogP contribution in [-0.2, 0) is 7.05 Å². The first-order valence-corrected chi connectivity index (χ1v) is 10.8. The van der Waals surface area contributed by atoms with Gasteiger partial charge in [-0.1, -0.05) is 18.2 Å². The zero-order valence-corrected chi connectivity index (χ0v) is 18.5. The van der Waals surface area contributed by atoms with Crippen molar-refractivity contribution in [3.8, 4) is 0 Å². The van der Waals surface area contributed by atoms with Crippen LogP contribution in [0.25, 0.3) is 10.9 Å². The quantitative estimate of drug-likeness (QED) is 0.564. The van der Waals surface area contributed by atoms with E-state index in [1.807, 2.05) is 30.9 Å². The summed E-state index contributed by atoms with van der Waals surface area (Å²) in [4.78, 5) is 31.8. The lowest BCUT2D eigenvalue weighted by molar-refractivity contribution is 0.0698. The summed E-state index contributed by atoms with van der Waals surface area (Å²) < 4.78 is 1.57. The predicted molar refractivity (Wildman–Crippen MR) is 125 cm³/mol. The molecular formula is C24H28N4O4. The molecule has 1 atom stereocenters. The van der Waals surface area contributed by atoms with E-state index in [-0.39, 0.29) is 23.3 Å². The van der Waals surface area contributed by atoms with Gasteiger partial charge in [-0.3, -0.25) is 9.36 Å². The number of hydrogen-bond acceptors (Lipinski definition) is 6. The van der Waals surface area contributed by atoms with E-state index in [4.69, 9.17) is 4.98 Å².